The third-order valence-corrected chi connectivity index (χ3v) is 4.28. The van der Waals surface area contributed by atoms with Crippen LogP contribution in [0.15, 0.2) is 34.1 Å². The Morgan fingerprint density at radius 2 is 2.11 bits per heavy atom. The summed E-state index contributed by atoms with van der Waals surface area (Å²) in [6, 6.07) is 3.12. The summed E-state index contributed by atoms with van der Waals surface area (Å²) in [5.41, 5.74) is -1.83. The molecule has 0 amide bonds. The zero-order chi connectivity index (χ0) is 20.6. The van der Waals surface area contributed by atoms with Crippen LogP contribution in [0.3, 0.4) is 0 Å². The molecule has 1 aliphatic rings. The maximum absolute atomic E-state index is 12.4. The van der Waals surface area contributed by atoms with Crippen LogP contribution in [0.5, 0.6) is 0 Å². The van der Waals surface area contributed by atoms with Crippen LogP contribution in [-0.4, -0.2) is 54.8 Å². The number of hydrogen-bond donors (Lipinski definition) is 3. The molecule has 1 saturated heterocycles. The number of aliphatic hydroxyl groups is 2. The Kier molecular flexibility index (Phi) is 5.28. The molecular formula is C18H23N3O7. The minimum atomic E-state index is -0.942. The largest absolute Gasteiger partial charge is 0.443 e. The van der Waals surface area contributed by atoms with Gasteiger partial charge in [0.15, 0.2) is 0 Å². The van der Waals surface area contributed by atoms with Crippen molar-refractivity contribution in [2.24, 2.45) is 0 Å². The topological polar surface area (TPSA) is 136 Å². The maximum Gasteiger partial charge on any atom is 0.418 e. The summed E-state index contributed by atoms with van der Waals surface area (Å²) in [5, 5.41) is 19.1. The molecule has 0 spiro atoms. The second-order valence-electron chi connectivity index (χ2n) is 7.57. The Hall–Kier alpha value is -2.69. The average Bonchev–Trinajstić information content (AvgIpc) is 3.20. The Morgan fingerprint density at radius 1 is 1.39 bits per heavy atom. The van der Waals surface area contributed by atoms with Gasteiger partial charge in [-0.1, -0.05) is 0 Å². The normalized spacial score (nSPS) is 22.4. The summed E-state index contributed by atoms with van der Waals surface area (Å²) >= 11 is 0. The van der Waals surface area contributed by atoms with Gasteiger partial charge in [0, 0.05) is 18.8 Å². The van der Waals surface area contributed by atoms with Gasteiger partial charge in [-0.05, 0) is 32.9 Å². The lowest BCUT2D eigenvalue weighted by Gasteiger charge is -2.20. The third kappa shape index (κ3) is 3.93. The van der Waals surface area contributed by atoms with Crippen molar-refractivity contribution in [1.82, 2.24) is 14.1 Å². The van der Waals surface area contributed by atoms with Crippen LogP contribution in [0, 0.1) is 0 Å². The first-order valence-corrected chi connectivity index (χ1v) is 8.81. The summed E-state index contributed by atoms with van der Waals surface area (Å²) in [7, 11) is 0. The third-order valence-electron chi connectivity index (χ3n) is 4.28. The summed E-state index contributed by atoms with van der Waals surface area (Å²) < 4.78 is 13.1. The molecule has 0 bridgehead atoms. The van der Waals surface area contributed by atoms with E-state index in [4.69, 9.17) is 9.47 Å². The monoisotopic (exact) mass is 393 g/mol. The van der Waals surface area contributed by atoms with Gasteiger partial charge in [0.1, 0.15) is 17.9 Å². The van der Waals surface area contributed by atoms with Crippen molar-refractivity contribution in [3.63, 3.8) is 0 Å². The van der Waals surface area contributed by atoms with Crippen LogP contribution in [0.1, 0.15) is 33.4 Å². The molecule has 28 heavy (non-hydrogen) atoms. The highest BCUT2D eigenvalue weighted by Crippen LogP contribution is 2.28. The highest BCUT2D eigenvalue weighted by Gasteiger charge is 2.35. The van der Waals surface area contributed by atoms with Crippen LogP contribution < -0.4 is 11.2 Å². The van der Waals surface area contributed by atoms with E-state index < -0.39 is 48.0 Å². The van der Waals surface area contributed by atoms with Crippen molar-refractivity contribution in [3.05, 3.63) is 45.4 Å². The minimum absolute atomic E-state index is 0.0565. The van der Waals surface area contributed by atoms with E-state index >= 15 is 0 Å². The molecule has 152 valence electrons. The van der Waals surface area contributed by atoms with Crippen molar-refractivity contribution < 1.29 is 24.5 Å². The second-order valence-corrected chi connectivity index (χ2v) is 7.57. The van der Waals surface area contributed by atoms with E-state index in [2.05, 4.69) is 4.98 Å². The van der Waals surface area contributed by atoms with Crippen LogP contribution in [0.4, 0.5) is 4.79 Å². The number of ether oxygens (including phenoxy) is 2. The van der Waals surface area contributed by atoms with Crippen molar-refractivity contribution >= 4 is 6.09 Å². The van der Waals surface area contributed by atoms with Crippen LogP contribution in [0.25, 0.3) is 11.3 Å². The number of aliphatic hydroxyl groups excluding tert-OH is 2. The highest BCUT2D eigenvalue weighted by atomic mass is 16.6. The summed E-state index contributed by atoms with van der Waals surface area (Å²) in [6.45, 7) is 4.77. The molecule has 10 heteroatoms. The maximum atomic E-state index is 12.4. The molecule has 2 aromatic heterocycles. The van der Waals surface area contributed by atoms with Crippen LogP contribution in [-0.2, 0) is 9.47 Å². The number of carbonyl (C=O) groups excluding carboxylic acids is 1. The minimum Gasteiger partial charge on any atom is -0.443 e. The smallest absolute Gasteiger partial charge is 0.418 e. The van der Waals surface area contributed by atoms with Crippen molar-refractivity contribution in [2.75, 3.05) is 6.61 Å². The first kappa shape index (κ1) is 20.1. The van der Waals surface area contributed by atoms with E-state index in [1.165, 1.54) is 17.0 Å². The predicted molar refractivity (Wildman–Crippen MR) is 98.0 cm³/mol. The molecule has 3 rings (SSSR count). The van der Waals surface area contributed by atoms with Gasteiger partial charge in [0.05, 0.1) is 24.0 Å². The number of nitrogens with zero attached hydrogens (tertiary/aromatic N) is 2. The number of carbonyl (C=O) groups is 1. The molecule has 1 aliphatic heterocycles. The zero-order valence-corrected chi connectivity index (χ0v) is 15.8. The Morgan fingerprint density at radius 3 is 2.71 bits per heavy atom. The molecule has 2 aromatic rings. The number of H-pyrrole nitrogens is 1. The molecule has 10 nitrogen and oxygen atoms in total. The fourth-order valence-corrected chi connectivity index (χ4v) is 3.00. The quantitative estimate of drug-likeness (QED) is 0.688. The van der Waals surface area contributed by atoms with Crippen molar-refractivity contribution in [3.8, 4) is 11.3 Å². The molecular weight excluding hydrogens is 370 g/mol. The number of aromatic amines is 1. The Balaban J connectivity index is 2.01. The first-order chi connectivity index (χ1) is 13.1. The molecule has 3 atom stereocenters. The fraction of sp³-hybridized carbons (Fsp3) is 0.500. The second kappa shape index (κ2) is 7.38. The van der Waals surface area contributed by atoms with Crippen molar-refractivity contribution in [2.45, 2.75) is 51.2 Å². The van der Waals surface area contributed by atoms with Gasteiger partial charge in [-0.25, -0.2) is 9.59 Å². The molecule has 0 aliphatic carbocycles. The van der Waals surface area contributed by atoms with E-state index in [0.717, 1.165) is 4.57 Å². The first-order valence-electron chi connectivity index (χ1n) is 8.81. The van der Waals surface area contributed by atoms with E-state index in [1.807, 2.05) is 0 Å². The Labute approximate surface area is 160 Å². The Bertz CT molecular complexity index is 982. The SMILES string of the molecule is CC(C)(C)OC(=O)n1cccc1-c1cn([C@H]2C[C@@H](O)C(CO)O2)c(=O)[nH]c1=O. The number of hydrogen-bond acceptors (Lipinski definition) is 7. The molecule has 1 fully saturated rings. The predicted octanol–water partition coefficient (Wildman–Crippen LogP) is 0.429. The van der Waals surface area contributed by atoms with Gasteiger partial charge >= 0.3 is 11.8 Å². The summed E-state index contributed by atoms with van der Waals surface area (Å²) in [4.78, 5) is 39.3. The standard InChI is InChI=1S/C18H23N3O7/c1-18(2,3)28-17(26)20-6-4-5-11(20)10-8-21(16(25)19-15(10)24)14-7-12(23)13(9-22)27-14/h4-6,8,12-14,22-23H,7,9H2,1-3H3,(H,19,24,25)/t12-,13?,14-/m1/s1. The molecule has 0 radical (unpaired) electrons. The molecule has 3 N–H and O–H groups in total. The summed E-state index contributed by atoms with van der Waals surface area (Å²) in [5.74, 6) is 0. The fourth-order valence-electron chi connectivity index (χ4n) is 3.00. The van der Waals surface area contributed by atoms with Gasteiger partial charge in [0.25, 0.3) is 5.56 Å². The molecule has 0 saturated carbocycles. The lowest BCUT2D eigenvalue weighted by molar-refractivity contribution is -0.0458. The van der Waals surface area contributed by atoms with Crippen LogP contribution >= 0.6 is 0 Å². The molecule has 0 aromatic carbocycles. The van der Waals surface area contributed by atoms with E-state index in [1.54, 1.807) is 32.9 Å². The lowest BCUT2D eigenvalue weighted by atomic mass is 10.2. The molecule has 3 heterocycles. The lowest BCUT2D eigenvalue weighted by Crippen LogP contribution is -2.34. The highest BCUT2D eigenvalue weighted by molar-refractivity contribution is 5.78. The van der Waals surface area contributed by atoms with Gasteiger partial charge in [0.2, 0.25) is 0 Å². The molecule has 1 unspecified atom stereocenters. The van der Waals surface area contributed by atoms with E-state index in [0.29, 0.717) is 0 Å². The zero-order valence-electron chi connectivity index (χ0n) is 15.8. The van der Waals surface area contributed by atoms with E-state index in [-0.39, 0.29) is 17.7 Å². The van der Waals surface area contributed by atoms with Crippen molar-refractivity contribution in [1.29, 1.82) is 0 Å². The van der Waals surface area contributed by atoms with E-state index in [9.17, 15) is 24.6 Å². The average molecular weight is 393 g/mol. The number of nitrogens with one attached hydrogen (secondary N) is 1. The van der Waals surface area contributed by atoms with Crippen LogP contribution in [0.2, 0.25) is 0 Å². The van der Waals surface area contributed by atoms with Gasteiger partial charge in [-0.2, -0.15) is 0 Å². The van der Waals surface area contributed by atoms with Gasteiger partial charge in [-0.3, -0.25) is 18.9 Å². The number of rotatable bonds is 3. The number of aromatic nitrogens is 3. The van der Waals surface area contributed by atoms with Gasteiger partial charge < -0.3 is 19.7 Å². The summed E-state index contributed by atoms with van der Waals surface area (Å²) in [6.07, 6.45) is -0.493. The van der Waals surface area contributed by atoms with Gasteiger partial charge in [-0.15, -0.1) is 0 Å².